The van der Waals surface area contributed by atoms with E-state index in [4.69, 9.17) is 9.47 Å². The first-order valence-electron chi connectivity index (χ1n) is 17.9. The summed E-state index contributed by atoms with van der Waals surface area (Å²) in [6.07, 6.45) is 1.58. The fraction of sp³-hybridized carbons (Fsp3) is 0.476. The molecule has 0 bridgehead atoms. The Labute approximate surface area is 310 Å². The number of aryl methyl sites for hydroxylation is 2. The molecule has 4 N–H and O–H groups in total. The van der Waals surface area contributed by atoms with E-state index in [-0.39, 0.29) is 18.4 Å². The molecular weight excluding hydrogens is 656 g/mol. The fourth-order valence-corrected chi connectivity index (χ4v) is 6.08. The summed E-state index contributed by atoms with van der Waals surface area (Å²) in [6.45, 7) is 21.3. The van der Waals surface area contributed by atoms with Gasteiger partial charge in [0.1, 0.15) is 23.8 Å². The van der Waals surface area contributed by atoms with Gasteiger partial charge in [-0.3, -0.25) is 4.79 Å². The first-order chi connectivity index (χ1) is 24.1. The highest BCUT2D eigenvalue weighted by Gasteiger charge is 2.33. The van der Waals surface area contributed by atoms with E-state index in [0.717, 1.165) is 11.1 Å². The Morgan fingerprint density at radius 3 is 1.85 bits per heavy atom. The number of ether oxygens (including phenoxy) is 2. The van der Waals surface area contributed by atoms with Crippen LogP contribution in [0.1, 0.15) is 91.8 Å². The van der Waals surface area contributed by atoms with Gasteiger partial charge in [0.05, 0.1) is 0 Å². The van der Waals surface area contributed by atoms with Crippen LogP contribution in [-0.2, 0) is 25.5 Å². The van der Waals surface area contributed by atoms with Gasteiger partial charge in [-0.15, -0.1) is 0 Å². The number of esters is 2. The second kappa shape index (κ2) is 19.7. The van der Waals surface area contributed by atoms with Crippen molar-refractivity contribution in [2.24, 2.45) is 11.3 Å². The van der Waals surface area contributed by atoms with Gasteiger partial charge in [0.15, 0.2) is 0 Å². The Balaban J connectivity index is 0.00000119. The highest BCUT2D eigenvalue weighted by molar-refractivity contribution is 5.95. The van der Waals surface area contributed by atoms with Crippen molar-refractivity contribution in [1.29, 1.82) is 0 Å². The van der Waals surface area contributed by atoms with Crippen LogP contribution in [0, 0.1) is 25.2 Å². The van der Waals surface area contributed by atoms with Gasteiger partial charge in [0, 0.05) is 17.8 Å². The maximum Gasteiger partial charge on any atom is 0.329 e. The molecule has 1 unspecified atom stereocenters. The zero-order chi connectivity index (χ0) is 39.1. The number of nitrogens with one attached hydrogen (secondary N) is 4. The highest BCUT2D eigenvalue weighted by Crippen LogP contribution is 2.30. The van der Waals surface area contributed by atoms with E-state index < -0.39 is 41.2 Å². The second-order valence-electron chi connectivity index (χ2n) is 16.1. The van der Waals surface area contributed by atoms with Gasteiger partial charge in [-0.25, -0.2) is 14.4 Å². The number of benzene rings is 3. The maximum atomic E-state index is 13.3. The Morgan fingerprint density at radius 1 is 0.712 bits per heavy atom. The van der Waals surface area contributed by atoms with Crippen LogP contribution < -0.4 is 21.3 Å². The van der Waals surface area contributed by atoms with Crippen molar-refractivity contribution in [3.63, 3.8) is 0 Å². The lowest BCUT2D eigenvalue weighted by Gasteiger charge is -2.33. The van der Waals surface area contributed by atoms with Crippen LogP contribution in [0.4, 0.5) is 21.0 Å². The minimum absolute atomic E-state index is 0.0642. The number of amides is 4. The van der Waals surface area contributed by atoms with Crippen molar-refractivity contribution >= 4 is 35.4 Å². The van der Waals surface area contributed by atoms with Crippen molar-refractivity contribution < 1.29 is 28.7 Å². The molecule has 0 fully saturated rings. The van der Waals surface area contributed by atoms with Gasteiger partial charge in [0.25, 0.3) is 0 Å². The minimum atomic E-state index is -0.939. The first-order valence-corrected chi connectivity index (χ1v) is 17.9. The summed E-state index contributed by atoms with van der Waals surface area (Å²) in [7, 11) is 0. The van der Waals surface area contributed by atoms with Gasteiger partial charge >= 0.3 is 24.0 Å². The Hall–Kier alpha value is -4.86. The summed E-state index contributed by atoms with van der Waals surface area (Å²) in [6, 6.07) is 22.5. The Kier molecular flexibility index (Phi) is 16.4. The third-order valence-corrected chi connectivity index (χ3v) is 7.57. The van der Waals surface area contributed by atoms with Gasteiger partial charge in [-0.1, -0.05) is 107 Å². The molecule has 52 heavy (non-hydrogen) atoms. The van der Waals surface area contributed by atoms with Gasteiger partial charge in [-0.2, -0.15) is 0 Å². The molecule has 3 aromatic carbocycles. The lowest BCUT2D eigenvalue weighted by molar-refractivity contribution is -0.161. The predicted octanol–water partition coefficient (Wildman–Crippen LogP) is 8.97. The molecule has 10 heteroatoms. The minimum Gasteiger partial charge on any atom is -0.458 e. The van der Waals surface area contributed by atoms with Crippen molar-refractivity contribution in [3.05, 3.63) is 95.6 Å². The van der Waals surface area contributed by atoms with Crippen LogP contribution in [0.2, 0.25) is 0 Å². The first kappa shape index (κ1) is 43.3. The number of hydrogen-bond donors (Lipinski definition) is 4. The van der Waals surface area contributed by atoms with Gasteiger partial charge in [-0.05, 0) is 89.0 Å². The molecule has 0 saturated heterocycles. The topological polar surface area (TPSA) is 135 Å². The number of anilines is 2. The van der Waals surface area contributed by atoms with Crippen LogP contribution in [-0.4, -0.2) is 47.8 Å². The fourth-order valence-electron chi connectivity index (χ4n) is 6.08. The van der Waals surface area contributed by atoms with Crippen LogP contribution in [0.25, 0.3) is 0 Å². The average Bonchev–Trinajstić information content (AvgIpc) is 3.00. The van der Waals surface area contributed by atoms with Gasteiger partial charge in [0.2, 0.25) is 0 Å². The van der Waals surface area contributed by atoms with E-state index in [1.807, 2.05) is 90.1 Å². The van der Waals surface area contributed by atoms with E-state index in [2.05, 4.69) is 61.1 Å². The van der Waals surface area contributed by atoms with Crippen LogP contribution in [0.3, 0.4) is 0 Å². The van der Waals surface area contributed by atoms with E-state index in [1.165, 1.54) is 5.56 Å². The van der Waals surface area contributed by atoms with Crippen LogP contribution in [0.5, 0.6) is 0 Å². The molecule has 0 heterocycles. The molecule has 284 valence electrons. The number of rotatable bonds is 13. The molecule has 3 aromatic rings. The zero-order valence-corrected chi connectivity index (χ0v) is 32.9. The second-order valence-corrected chi connectivity index (χ2v) is 16.1. The molecular formula is C42H60N4O6. The molecule has 0 aromatic heterocycles. The number of hydrogen-bond acceptors (Lipinski definition) is 6. The summed E-state index contributed by atoms with van der Waals surface area (Å²) in [5, 5.41) is 10.7. The van der Waals surface area contributed by atoms with E-state index >= 15 is 0 Å². The summed E-state index contributed by atoms with van der Waals surface area (Å²) in [5.74, 6) is -0.716. The van der Waals surface area contributed by atoms with E-state index in [9.17, 15) is 19.2 Å². The molecule has 0 spiro atoms. The summed E-state index contributed by atoms with van der Waals surface area (Å²) >= 11 is 0. The monoisotopic (exact) mass is 716 g/mol. The molecule has 1 atom stereocenters. The lowest BCUT2D eigenvalue weighted by Crippen LogP contribution is -2.48. The van der Waals surface area contributed by atoms with E-state index in [0.29, 0.717) is 30.1 Å². The molecule has 0 aliphatic rings. The maximum absolute atomic E-state index is 13.3. The van der Waals surface area contributed by atoms with Crippen molar-refractivity contribution in [2.75, 3.05) is 17.2 Å². The lowest BCUT2D eigenvalue weighted by atomic mass is 9.83. The average molecular weight is 717 g/mol. The van der Waals surface area contributed by atoms with Crippen molar-refractivity contribution in [3.8, 4) is 0 Å². The highest BCUT2D eigenvalue weighted by atomic mass is 16.6. The third-order valence-electron chi connectivity index (χ3n) is 7.57. The Morgan fingerprint density at radius 2 is 1.31 bits per heavy atom. The van der Waals surface area contributed by atoms with Crippen LogP contribution in [0.15, 0.2) is 78.9 Å². The number of urea groups is 2. The van der Waals surface area contributed by atoms with Crippen molar-refractivity contribution in [2.45, 2.75) is 113 Å². The smallest absolute Gasteiger partial charge is 0.329 e. The molecule has 0 radical (unpaired) electrons. The summed E-state index contributed by atoms with van der Waals surface area (Å²) in [5.41, 5.74) is 2.32. The standard InChI is InChI=1S/C35H52N4O6.C7H8/c1-23(2)20-34(7,8)44-29(40)21-36-31(42)38-27-19-26(17-16-24(27)3)37-32(43)39-28(18-25-14-12-11-13-15-25)30(41)45-35(9,10)22-33(4,5)6;1-7-5-3-2-4-6-7/h11-17,19,23,28H,18,20-22H2,1-10H3,(H2,36,38,42)(H2,37,39,43);2-6H,1H3. The zero-order valence-electron chi connectivity index (χ0n) is 32.9. The molecule has 0 aliphatic carbocycles. The quantitative estimate of drug-likeness (QED) is 0.131. The van der Waals surface area contributed by atoms with Gasteiger partial charge < -0.3 is 30.7 Å². The molecule has 10 nitrogen and oxygen atoms in total. The SMILES string of the molecule is Cc1ccc(NC(=O)NC(Cc2ccccc2)C(=O)OC(C)(C)CC(C)(C)C)cc1NC(=O)NCC(=O)OC(C)(C)CC(C)C.Cc1ccccc1. The largest absolute Gasteiger partial charge is 0.458 e. The van der Waals surface area contributed by atoms with Crippen molar-refractivity contribution in [1.82, 2.24) is 10.6 Å². The number of carbonyl (C=O) groups excluding carboxylic acids is 4. The normalized spacial score (nSPS) is 12.1. The van der Waals surface area contributed by atoms with E-state index in [1.54, 1.807) is 25.1 Å². The molecule has 3 rings (SSSR count). The molecule has 0 aliphatic heterocycles. The predicted molar refractivity (Wildman–Crippen MR) is 209 cm³/mol. The number of carbonyl (C=O) groups is 4. The third kappa shape index (κ3) is 17.9. The molecule has 0 saturated carbocycles. The molecule has 4 amide bonds. The Bertz CT molecular complexity index is 1600. The van der Waals surface area contributed by atoms with Crippen LogP contribution >= 0.6 is 0 Å². The summed E-state index contributed by atoms with van der Waals surface area (Å²) in [4.78, 5) is 51.3. The summed E-state index contributed by atoms with van der Waals surface area (Å²) < 4.78 is 11.4.